The summed E-state index contributed by atoms with van der Waals surface area (Å²) in [6, 6.07) is 8.45. The fourth-order valence-electron chi connectivity index (χ4n) is 2.25. The summed E-state index contributed by atoms with van der Waals surface area (Å²) in [4.78, 5) is 2.10. The molecule has 0 spiro atoms. The summed E-state index contributed by atoms with van der Waals surface area (Å²) in [7, 11) is 4.09. The van der Waals surface area contributed by atoms with Crippen LogP contribution in [-0.4, -0.2) is 23.9 Å². The van der Waals surface area contributed by atoms with Crippen molar-refractivity contribution in [3.05, 3.63) is 40.1 Å². The average Bonchev–Trinajstić information content (AvgIpc) is 2.81. The molecule has 1 aromatic carbocycles. The summed E-state index contributed by atoms with van der Waals surface area (Å²) >= 11 is 3.68. The van der Waals surface area contributed by atoms with Crippen molar-refractivity contribution in [2.24, 2.45) is 0 Å². The number of benzene rings is 1. The van der Waals surface area contributed by atoms with Crippen molar-refractivity contribution in [3.63, 3.8) is 0 Å². The molecule has 2 aromatic rings. The van der Waals surface area contributed by atoms with Gasteiger partial charge in [0.2, 0.25) is 0 Å². The van der Waals surface area contributed by atoms with E-state index in [0.717, 1.165) is 35.4 Å². The molecule has 0 atom stereocenters. The van der Waals surface area contributed by atoms with Gasteiger partial charge < -0.3 is 10.2 Å². The Bertz CT molecular complexity index is 587. The molecule has 5 heteroatoms. The lowest BCUT2D eigenvalue weighted by Gasteiger charge is -2.13. The van der Waals surface area contributed by atoms with Crippen LogP contribution in [0.3, 0.4) is 0 Å². The Morgan fingerprint density at radius 2 is 1.86 bits per heavy atom. The smallest absolute Gasteiger partial charge is 0.0767 e. The third-order valence-corrected chi connectivity index (χ3v) is 4.45. The van der Waals surface area contributed by atoms with E-state index < -0.39 is 0 Å². The number of nitrogens with zero attached hydrogens (tertiary/aromatic N) is 3. The number of anilines is 2. The van der Waals surface area contributed by atoms with Crippen molar-refractivity contribution >= 4 is 27.3 Å². The van der Waals surface area contributed by atoms with Crippen LogP contribution in [-0.2, 0) is 19.5 Å². The summed E-state index contributed by atoms with van der Waals surface area (Å²) in [5, 5.41) is 8.09. The number of halogens is 1. The quantitative estimate of drug-likeness (QED) is 0.857. The van der Waals surface area contributed by atoms with Gasteiger partial charge in [-0.1, -0.05) is 6.92 Å². The van der Waals surface area contributed by atoms with Gasteiger partial charge in [-0.2, -0.15) is 5.10 Å². The molecule has 0 saturated carbocycles. The Balaban J connectivity index is 2.10. The molecule has 0 fully saturated rings. The van der Waals surface area contributed by atoms with Crippen LogP contribution in [0.2, 0.25) is 0 Å². The molecular formula is C16H23BrN4. The number of hydrogen-bond donors (Lipinski definition) is 1. The second-order valence-electron chi connectivity index (χ2n) is 5.17. The highest BCUT2D eigenvalue weighted by molar-refractivity contribution is 9.10. The van der Waals surface area contributed by atoms with Gasteiger partial charge in [-0.3, -0.25) is 4.68 Å². The second kappa shape index (κ2) is 6.98. The Labute approximate surface area is 135 Å². The van der Waals surface area contributed by atoms with Crippen molar-refractivity contribution in [2.75, 3.05) is 24.3 Å². The summed E-state index contributed by atoms with van der Waals surface area (Å²) in [5.74, 6) is 0. The van der Waals surface area contributed by atoms with Gasteiger partial charge in [0.25, 0.3) is 0 Å². The lowest BCUT2D eigenvalue weighted by molar-refractivity contribution is 0.619. The first-order chi connectivity index (χ1) is 10.1. The predicted molar refractivity (Wildman–Crippen MR) is 93.1 cm³/mol. The lowest BCUT2D eigenvalue weighted by atomic mass is 10.2. The molecule has 0 unspecified atom stereocenters. The molecule has 1 heterocycles. The highest BCUT2D eigenvalue weighted by atomic mass is 79.9. The van der Waals surface area contributed by atoms with E-state index in [9.17, 15) is 0 Å². The van der Waals surface area contributed by atoms with Gasteiger partial charge >= 0.3 is 0 Å². The molecule has 0 aliphatic heterocycles. The number of hydrogen-bond acceptors (Lipinski definition) is 3. The van der Waals surface area contributed by atoms with Crippen molar-refractivity contribution in [3.8, 4) is 0 Å². The molecular weight excluding hydrogens is 328 g/mol. The van der Waals surface area contributed by atoms with Crippen LogP contribution >= 0.6 is 15.9 Å². The van der Waals surface area contributed by atoms with Crippen LogP contribution in [0.25, 0.3) is 0 Å². The number of nitrogens with one attached hydrogen (secondary N) is 1. The summed E-state index contributed by atoms with van der Waals surface area (Å²) < 4.78 is 3.19. The van der Waals surface area contributed by atoms with Gasteiger partial charge in [-0.15, -0.1) is 0 Å². The van der Waals surface area contributed by atoms with Crippen LogP contribution in [0, 0.1) is 0 Å². The lowest BCUT2D eigenvalue weighted by Crippen LogP contribution is -2.10. The van der Waals surface area contributed by atoms with Crippen molar-refractivity contribution in [1.82, 2.24) is 9.78 Å². The van der Waals surface area contributed by atoms with Crippen LogP contribution in [0.1, 0.15) is 25.2 Å². The molecule has 1 aromatic heterocycles. The molecule has 0 radical (unpaired) electrons. The Kier molecular flexibility index (Phi) is 5.28. The molecule has 2 rings (SSSR count). The topological polar surface area (TPSA) is 33.1 Å². The second-order valence-corrected chi connectivity index (χ2v) is 5.96. The largest absolute Gasteiger partial charge is 0.379 e. The van der Waals surface area contributed by atoms with E-state index in [1.54, 1.807) is 0 Å². The molecule has 4 nitrogen and oxygen atoms in total. The minimum atomic E-state index is 0.767. The van der Waals surface area contributed by atoms with E-state index in [2.05, 4.69) is 74.0 Å². The fraction of sp³-hybridized carbons (Fsp3) is 0.438. The Morgan fingerprint density at radius 1 is 1.19 bits per heavy atom. The van der Waals surface area contributed by atoms with Crippen LogP contribution in [0.15, 0.2) is 28.7 Å². The molecule has 0 saturated heterocycles. The average molecular weight is 351 g/mol. The summed E-state index contributed by atoms with van der Waals surface area (Å²) in [6.07, 6.45) is 0.943. The highest BCUT2D eigenvalue weighted by Gasteiger charge is 2.13. The van der Waals surface area contributed by atoms with Crippen LogP contribution in [0.5, 0.6) is 0 Å². The van der Waals surface area contributed by atoms with E-state index in [-0.39, 0.29) is 0 Å². The van der Waals surface area contributed by atoms with Crippen LogP contribution < -0.4 is 10.2 Å². The zero-order valence-electron chi connectivity index (χ0n) is 13.2. The summed E-state index contributed by atoms with van der Waals surface area (Å²) in [6.45, 7) is 5.90. The van der Waals surface area contributed by atoms with E-state index >= 15 is 0 Å². The van der Waals surface area contributed by atoms with Crippen molar-refractivity contribution in [2.45, 2.75) is 33.4 Å². The van der Waals surface area contributed by atoms with E-state index in [0.29, 0.717) is 0 Å². The monoisotopic (exact) mass is 350 g/mol. The van der Waals surface area contributed by atoms with Gasteiger partial charge in [-0.25, -0.2) is 0 Å². The van der Waals surface area contributed by atoms with Crippen molar-refractivity contribution < 1.29 is 0 Å². The first-order valence-corrected chi connectivity index (χ1v) is 8.11. The highest BCUT2D eigenvalue weighted by Crippen LogP contribution is 2.24. The van der Waals surface area contributed by atoms with E-state index in [1.165, 1.54) is 11.4 Å². The molecule has 1 N–H and O–H groups in total. The van der Waals surface area contributed by atoms with Gasteiger partial charge in [0.05, 0.1) is 22.4 Å². The Morgan fingerprint density at radius 3 is 2.38 bits per heavy atom. The van der Waals surface area contributed by atoms with Gasteiger partial charge in [0.1, 0.15) is 0 Å². The van der Waals surface area contributed by atoms with E-state index in [1.807, 2.05) is 14.1 Å². The molecule has 114 valence electrons. The first kappa shape index (κ1) is 15.9. The number of aromatic nitrogens is 2. The minimum Gasteiger partial charge on any atom is -0.379 e. The molecule has 0 amide bonds. The third kappa shape index (κ3) is 3.59. The SMILES string of the molecule is CCc1nn(CC)c(CNc2ccc(N(C)C)cc2)c1Br. The first-order valence-electron chi connectivity index (χ1n) is 7.32. The van der Waals surface area contributed by atoms with Crippen LogP contribution in [0.4, 0.5) is 11.4 Å². The Hall–Kier alpha value is -1.49. The molecule has 21 heavy (non-hydrogen) atoms. The predicted octanol–water partition coefficient (Wildman–Crippen LogP) is 3.91. The zero-order chi connectivity index (χ0) is 15.4. The third-order valence-electron chi connectivity index (χ3n) is 3.54. The maximum atomic E-state index is 4.62. The molecule has 0 aliphatic carbocycles. The van der Waals surface area contributed by atoms with Gasteiger partial charge in [0, 0.05) is 32.0 Å². The fourth-order valence-corrected chi connectivity index (χ4v) is 2.95. The maximum Gasteiger partial charge on any atom is 0.0767 e. The normalized spacial score (nSPS) is 10.7. The maximum absolute atomic E-state index is 4.62. The number of rotatable bonds is 6. The van der Waals surface area contributed by atoms with E-state index in [4.69, 9.17) is 0 Å². The molecule has 0 bridgehead atoms. The minimum absolute atomic E-state index is 0.767. The molecule has 0 aliphatic rings. The van der Waals surface area contributed by atoms with Gasteiger partial charge in [-0.05, 0) is 53.5 Å². The number of aryl methyl sites for hydroxylation is 2. The zero-order valence-corrected chi connectivity index (χ0v) is 14.7. The van der Waals surface area contributed by atoms with Crippen molar-refractivity contribution in [1.29, 1.82) is 0 Å². The standard InChI is InChI=1S/C16H23BrN4/c1-5-14-16(17)15(21(6-2)19-14)11-18-12-7-9-13(10-8-12)20(3)4/h7-10,18H,5-6,11H2,1-4H3. The summed E-state index contributed by atoms with van der Waals surface area (Å²) in [5.41, 5.74) is 4.64. The van der Waals surface area contributed by atoms with Gasteiger partial charge in [0.15, 0.2) is 0 Å².